The summed E-state index contributed by atoms with van der Waals surface area (Å²) in [7, 11) is 1.79. The highest BCUT2D eigenvalue weighted by atomic mass is 16.5. The molecule has 0 saturated carbocycles. The van der Waals surface area contributed by atoms with Crippen LogP contribution >= 0.6 is 0 Å². The van der Waals surface area contributed by atoms with Gasteiger partial charge in [-0.05, 0) is 45.0 Å². The van der Waals surface area contributed by atoms with Crippen molar-refractivity contribution in [1.82, 2.24) is 15.1 Å². The van der Waals surface area contributed by atoms with Crippen LogP contribution in [0.15, 0.2) is 24.3 Å². The Bertz CT molecular complexity index is 856. The molecule has 0 bridgehead atoms. The van der Waals surface area contributed by atoms with E-state index >= 15 is 0 Å². The fourth-order valence-corrected chi connectivity index (χ4v) is 2.68. The maximum atomic E-state index is 12.2. The Labute approximate surface area is 164 Å². The predicted molar refractivity (Wildman–Crippen MR) is 105 cm³/mol. The van der Waals surface area contributed by atoms with Gasteiger partial charge in [-0.1, -0.05) is 0 Å². The first kappa shape index (κ1) is 21.1. The molecule has 150 valence electrons. The predicted octanol–water partition coefficient (Wildman–Crippen LogP) is 2.15. The number of carbonyl (C=O) groups is 3. The molecule has 2 N–H and O–H groups in total. The molecule has 1 heterocycles. The van der Waals surface area contributed by atoms with Crippen LogP contribution in [0.25, 0.3) is 0 Å². The molecule has 28 heavy (non-hydrogen) atoms. The molecule has 8 nitrogen and oxygen atoms in total. The second-order valence-electron chi connectivity index (χ2n) is 6.37. The summed E-state index contributed by atoms with van der Waals surface area (Å²) in [5.41, 5.74) is 2.71. The molecule has 0 radical (unpaired) electrons. The molecule has 1 aromatic heterocycles. The zero-order valence-electron chi connectivity index (χ0n) is 16.7. The summed E-state index contributed by atoms with van der Waals surface area (Å²) in [6, 6.07) is 6.81. The first-order valence-electron chi connectivity index (χ1n) is 9.14. The number of hydrogen-bond donors (Lipinski definition) is 2. The van der Waals surface area contributed by atoms with Crippen molar-refractivity contribution in [2.75, 3.05) is 18.5 Å². The van der Waals surface area contributed by atoms with Crippen molar-refractivity contribution in [3.05, 3.63) is 41.2 Å². The van der Waals surface area contributed by atoms with Crippen LogP contribution in [0.1, 0.15) is 41.5 Å². The van der Waals surface area contributed by atoms with Gasteiger partial charge < -0.3 is 15.4 Å². The molecule has 2 rings (SSSR count). The highest BCUT2D eigenvalue weighted by Gasteiger charge is 2.14. The minimum atomic E-state index is -0.353. The number of aryl methyl sites for hydroxylation is 2. The largest absolute Gasteiger partial charge is 0.494 e. The highest BCUT2D eigenvalue weighted by molar-refractivity contribution is 5.99. The Kier molecular flexibility index (Phi) is 7.31. The number of nitrogens with zero attached hydrogens (tertiary/aromatic N) is 2. The fraction of sp³-hybridized carbons (Fsp3) is 0.400. The molecule has 0 aliphatic heterocycles. The summed E-state index contributed by atoms with van der Waals surface area (Å²) >= 11 is 0. The van der Waals surface area contributed by atoms with Crippen molar-refractivity contribution < 1.29 is 19.1 Å². The van der Waals surface area contributed by atoms with E-state index in [1.54, 1.807) is 42.9 Å². The number of nitrogens with one attached hydrogen (secondary N) is 2. The van der Waals surface area contributed by atoms with Gasteiger partial charge in [0.05, 0.1) is 30.2 Å². The average molecular weight is 386 g/mol. The summed E-state index contributed by atoms with van der Waals surface area (Å²) < 4.78 is 7.01. The van der Waals surface area contributed by atoms with Crippen molar-refractivity contribution in [2.45, 2.75) is 33.6 Å². The molecule has 0 aliphatic rings. The number of rotatable bonds is 9. The van der Waals surface area contributed by atoms with E-state index in [9.17, 15) is 14.4 Å². The lowest BCUT2D eigenvalue weighted by Gasteiger charge is -2.08. The Morgan fingerprint density at radius 3 is 2.32 bits per heavy atom. The molecular formula is C20H26N4O4. The molecule has 0 atom stereocenters. The Hall–Kier alpha value is -3.16. The van der Waals surface area contributed by atoms with Gasteiger partial charge in [0.15, 0.2) is 5.78 Å². The summed E-state index contributed by atoms with van der Waals surface area (Å²) in [5, 5.41) is 9.50. The summed E-state index contributed by atoms with van der Waals surface area (Å²) in [6.07, 6.45) is 0.0898. The highest BCUT2D eigenvalue weighted by Crippen LogP contribution is 2.18. The van der Waals surface area contributed by atoms with Gasteiger partial charge >= 0.3 is 0 Å². The van der Waals surface area contributed by atoms with Crippen LogP contribution < -0.4 is 15.4 Å². The van der Waals surface area contributed by atoms with Gasteiger partial charge in [-0.25, -0.2) is 0 Å². The number of Topliss-reactive ketones (excluding diaryl/α,β-unsaturated/α-hetero) is 1. The van der Waals surface area contributed by atoms with E-state index in [0.717, 1.165) is 5.69 Å². The number of anilines is 1. The van der Waals surface area contributed by atoms with Gasteiger partial charge in [0.2, 0.25) is 11.8 Å². The SMILES string of the molecule is CCOc1ccc(C(=O)CCC(=O)NCC(=O)Nc2c(C)nn(C)c2C)cc1. The number of benzene rings is 1. The molecule has 8 heteroatoms. The third kappa shape index (κ3) is 5.67. The van der Waals surface area contributed by atoms with Crippen molar-refractivity contribution in [1.29, 1.82) is 0 Å². The van der Waals surface area contributed by atoms with Crippen LogP contribution in [-0.4, -0.2) is 40.5 Å². The minimum Gasteiger partial charge on any atom is -0.494 e. The van der Waals surface area contributed by atoms with Crippen LogP contribution in [0.4, 0.5) is 5.69 Å². The number of carbonyl (C=O) groups excluding carboxylic acids is 3. The minimum absolute atomic E-state index is 0.0181. The van der Waals surface area contributed by atoms with E-state index in [2.05, 4.69) is 15.7 Å². The standard InChI is InChI=1S/C20H26N4O4/c1-5-28-16-8-6-15(7-9-16)17(25)10-11-18(26)21-12-19(27)22-20-13(2)23-24(4)14(20)3/h6-9H,5,10-12H2,1-4H3,(H,21,26)(H,22,27). The van der Waals surface area contributed by atoms with Crippen LogP contribution in [0.3, 0.4) is 0 Å². The van der Waals surface area contributed by atoms with Gasteiger partial charge in [0.1, 0.15) is 5.75 Å². The van der Waals surface area contributed by atoms with Crippen molar-refractivity contribution in [2.24, 2.45) is 7.05 Å². The van der Waals surface area contributed by atoms with Crippen LogP contribution in [0, 0.1) is 13.8 Å². The molecule has 0 spiro atoms. The molecule has 2 aromatic rings. The Morgan fingerprint density at radius 1 is 1.07 bits per heavy atom. The number of hydrogen-bond acceptors (Lipinski definition) is 5. The second kappa shape index (κ2) is 9.68. The number of ketones is 1. The average Bonchev–Trinajstić information content (AvgIpc) is 2.91. The summed E-state index contributed by atoms with van der Waals surface area (Å²) in [4.78, 5) is 36.1. The molecular weight excluding hydrogens is 360 g/mol. The lowest BCUT2D eigenvalue weighted by atomic mass is 10.1. The fourth-order valence-electron chi connectivity index (χ4n) is 2.68. The van der Waals surface area contributed by atoms with E-state index in [1.165, 1.54) is 0 Å². The van der Waals surface area contributed by atoms with E-state index in [4.69, 9.17) is 4.74 Å². The van der Waals surface area contributed by atoms with Gasteiger partial charge in [-0.2, -0.15) is 5.10 Å². The Morgan fingerprint density at radius 2 is 1.75 bits per heavy atom. The topological polar surface area (TPSA) is 102 Å². The number of ether oxygens (including phenoxy) is 1. The van der Waals surface area contributed by atoms with E-state index in [-0.39, 0.29) is 37.0 Å². The zero-order chi connectivity index (χ0) is 20.7. The van der Waals surface area contributed by atoms with Gasteiger partial charge in [-0.15, -0.1) is 0 Å². The van der Waals surface area contributed by atoms with E-state index < -0.39 is 0 Å². The molecule has 0 fully saturated rings. The van der Waals surface area contributed by atoms with Gasteiger partial charge in [0, 0.05) is 25.5 Å². The number of aromatic nitrogens is 2. The lowest BCUT2D eigenvalue weighted by molar-refractivity contribution is -0.124. The maximum absolute atomic E-state index is 12.2. The quantitative estimate of drug-likeness (QED) is 0.643. The smallest absolute Gasteiger partial charge is 0.243 e. The Balaban J connectivity index is 1.76. The van der Waals surface area contributed by atoms with Crippen LogP contribution in [0.2, 0.25) is 0 Å². The first-order valence-corrected chi connectivity index (χ1v) is 9.14. The monoisotopic (exact) mass is 386 g/mol. The molecule has 1 aromatic carbocycles. The van der Waals surface area contributed by atoms with Gasteiger partial charge in [0.25, 0.3) is 0 Å². The van der Waals surface area contributed by atoms with Gasteiger partial charge in [-0.3, -0.25) is 19.1 Å². The molecule has 0 unspecified atom stereocenters. The second-order valence-corrected chi connectivity index (χ2v) is 6.37. The van der Waals surface area contributed by atoms with Crippen molar-refractivity contribution in [3.63, 3.8) is 0 Å². The van der Waals surface area contributed by atoms with Crippen LogP contribution in [0.5, 0.6) is 5.75 Å². The zero-order valence-corrected chi connectivity index (χ0v) is 16.7. The first-order chi connectivity index (χ1) is 13.3. The lowest BCUT2D eigenvalue weighted by Crippen LogP contribution is -2.33. The molecule has 2 amide bonds. The normalized spacial score (nSPS) is 10.4. The molecule has 0 aliphatic carbocycles. The summed E-state index contributed by atoms with van der Waals surface area (Å²) in [6.45, 7) is 5.93. The maximum Gasteiger partial charge on any atom is 0.243 e. The van der Waals surface area contributed by atoms with Crippen LogP contribution in [-0.2, 0) is 16.6 Å². The van der Waals surface area contributed by atoms with Crippen molar-refractivity contribution in [3.8, 4) is 5.75 Å². The van der Waals surface area contributed by atoms with Crippen molar-refractivity contribution >= 4 is 23.3 Å². The number of amides is 2. The molecule has 0 saturated heterocycles. The van der Waals surface area contributed by atoms with E-state index in [0.29, 0.717) is 29.3 Å². The van der Waals surface area contributed by atoms with E-state index in [1.807, 2.05) is 13.8 Å². The summed E-state index contributed by atoms with van der Waals surface area (Å²) in [5.74, 6) is -0.134. The third-order valence-corrected chi connectivity index (χ3v) is 4.29. The third-order valence-electron chi connectivity index (χ3n) is 4.29.